The van der Waals surface area contributed by atoms with E-state index in [-0.39, 0.29) is 10.8 Å². The molecule has 0 aromatic carbocycles. The molecule has 0 saturated carbocycles. The minimum absolute atomic E-state index is 0.0355. The van der Waals surface area contributed by atoms with Crippen LogP contribution in [0.25, 0.3) is 0 Å². The number of aryl methyl sites for hydroxylation is 1. The second-order valence-corrected chi connectivity index (χ2v) is 4.56. The first-order valence-electron chi connectivity index (χ1n) is 5.16. The number of hydrogen-bond donors (Lipinski definition) is 1. The number of rotatable bonds is 3. The van der Waals surface area contributed by atoms with Gasteiger partial charge in [-0.1, -0.05) is 18.3 Å². The molecule has 0 atom stereocenters. The predicted octanol–water partition coefficient (Wildman–Crippen LogP) is 1.53. The van der Waals surface area contributed by atoms with E-state index in [0.29, 0.717) is 30.2 Å². The second kappa shape index (κ2) is 4.21. The predicted molar refractivity (Wildman–Crippen MR) is 60.0 cm³/mol. The molecule has 0 spiro atoms. The Hall–Kier alpha value is -1.43. The molecule has 0 unspecified atom stereocenters. The number of hydrogen-bond acceptors (Lipinski definition) is 4. The zero-order chi connectivity index (χ0) is 11.7. The summed E-state index contributed by atoms with van der Waals surface area (Å²) in [6.45, 7) is 2.51. The van der Waals surface area contributed by atoms with Gasteiger partial charge in [0.05, 0.1) is 5.69 Å². The van der Waals surface area contributed by atoms with Crippen LogP contribution < -0.4 is 4.90 Å². The van der Waals surface area contributed by atoms with Gasteiger partial charge in [0, 0.05) is 13.0 Å². The number of anilines is 1. The number of carboxylic acid groups (broad SMARTS) is 1. The summed E-state index contributed by atoms with van der Waals surface area (Å²) in [4.78, 5) is 28.5. The quantitative estimate of drug-likeness (QED) is 0.869. The second-order valence-electron chi connectivity index (χ2n) is 3.58. The van der Waals surface area contributed by atoms with E-state index in [1.54, 1.807) is 4.90 Å². The van der Waals surface area contributed by atoms with Gasteiger partial charge in [-0.05, 0) is 12.8 Å². The van der Waals surface area contributed by atoms with Gasteiger partial charge in [0.2, 0.25) is 5.91 Å². The van der Waals surface area contributed by atoms with E-state index in [1.807, 2.05) is 6.92 Å². The molecule has 86 valence electrons. The van der Waals surface area contributed by atoms with Crippen LogP contribution in [-0.2, 0) is 11.2 Å². The van der Waals surface area contributed by atoms with E-state index in [2.05, 4.69) is 4.98 Å². The van der Waals surface area contributed by atoms with Gasteiger partial charge in [0.1, 0.15) is 4.88 Å². The van der Waals surface area contributed by atoms with Crippen molar-refractivity contribution in [3.8, 4) is 0 Å². The fraction of sp³-hybridized carbons (Fsp3) is 0.500. The van der Waals surface area contributed by atoms with Crippen LogP contribution in [0.15, 0.2) is 0 Å². The number of carbonyl (C=O) groups excluding carboxylic acids is 1. The summed E-state index contributed by atoms with van der Waals surface area (Å²) in [5, 5.41) is 9.51. The molecule has 0 bridgehead atoms. The molecule has 1 N–H and O–H groups in total. The first kappa shape index (κ1) is 11.1. The molecule has 1 aliphatic rings. The lowest BCUT2D eigenvalue weighted by Crippen LogP contribution is -2.23. The van der Waals surface area contributed by atoms with Crippen LogP contribution in [-0.4, -0.2) is 28.5 Å². The number of amides is 1. The average molecular weight is 240 g/mol. The molecule has 6 heteroatoms. The summed E-state index contributed by atoms with van der Waals surface area (Å²) in [6, 6.07) is 0. The average Bonchev–Trinajstić information content (AvgIpc) is 2.82. The Morgan fingerprint density at radius 1 is 1.62 bits per heavy atom. The van der Waals surface area contributed by atoms with E-state index in [9.17, 15) is 9.59 Å². The molecule has 1 amide bonds. The van der Waals surface area contributed by atoms with E-state index in [4.69, 9.17) is 5.11 Å². The van der Waals surface area contributed by atoms with Crippen molar-refractivity contribution in [1.82, 2.24) is 4.98 Å². The van der Waals surface area contributed by atoms with E-state index in [1.165, 1.54) is 0 Å². The molecule has 16 heavy (non-hydrogen) atoms. The molecule has 2 heterocycles. The van der Waals surface area contributed by atoms with E-state index < -0.39 is 5.97 Å². The zero-order valence-electron chi connectivity index (χ0n) is 8.89. The number of aromatic nitrogens is 1. The number of carboxylic acids is 1. The van der Waals surface area contributed by atoms with Gasteiger partial charge in [-0.15, -0.1) is 0 Å². The van der Waals surface area contributed by atoms with Crippen molar-refractivity contribution >= 4 is 28.3 Å². The van der Waals surface area contributed by atoms with Crippen LogP contribution in [0, 0.1) is 0 Å². The molecule has 0 radical (unpaired) electrons. The van der Waals surface area contributed by atoms with Crippen molar-refractivity contribution in [3.05, 3.63) is 10.6 Å². The largest absolute Gasteiger partial charge is 0.477 e. The van der Waals surface area contributed by atoms with Gasteiger partial charge >= 0.3 is 5.97 Å². The normalized spacial score (nSPS) is 15.8. The lowest BCUT2D eigenvalue weighted by Gasteiger charge is -2.10. The third kappa shape index (κ3) is 1.80. The van der Waals surface area contributed by atoms with Crippen molar-refractivity contribution in [2.24, 2.45) is 0 Å². The Morgan fingerprint density at radius 3 is 2.81 bits per heavy atom. The maximum atomic E-state index is 11.5. The summed E-state index contributed by atoms with van der Waals surface area (Å²) < 4.78 is 0. The Bertz CT molecular complexity index is 441. The van der Waals surface area contributed by atoms with Gasteiger partial charge < -0.3 is 5.11 Å². The summed E-state index contributed by atoms with van der Waals surface area (Å²) >= 11 is 1.09. The van der Waals surface area contributed by atoms with Gasteiger partial charge in [0.15, 0.2) is 5.13 Å². The Morgan fingerprint density at radius 2 is 2.38 bits per heavy atom. The lowest BCUT2D eigenvalue weighted by atomic mass is 10.3. The standard InChI is InChI=1S/C10H12N2O3S/c1-2-6-8(9(14)15)16-10(11-6)12-5-3-4-7(12)13/h2-5H2,1H3,(H,14,15). The van der Waals surface area contributed by atoms with Crippen molar-refractivity contribution < 1.29 is 14.7 Å². The molecule has 1 aliphatic heterocycles. The first-order valence-corrected chi connectivity index (χ1v) is 5.98. The minimum Gasteiger partial charge on any atom is -0.477 e. The number of thiazole rings is 1. The molecule has 5 nitrogen and oxygen atoms in total. The van der Waals surface area contributed by atoms with E-state index >= 15 is 0 Å². The third-order valence-electron chi connectivity index (χ3n) is 2.52. The van der Waals surface area contributed by atoms with Crippen LogP contribution in [0.4, 0.5) is 5.13 Å². The topological polar surface area (TPSA) is 70.5 Å². The molecule has 1 fully saturated rings. The van der Waals surface area contributed by atoms with Gasteiger partial charge in [-0.3, -0.25) is 9.69 Å². The monoisotopic (exact) mass is 240 g/mol. The highest BCUT2D eigenvalue weighted by Gasteiger charge is 2.26. The third-order valence-corrected chi connectivity index (χ3v) is 3.63. The van der Waals surface area contributed by atoms with Gasteiger partial charge in [-0.2, -0.15) is 0 Å². The number of nitrogens with zero attached hydrogens (tertiary/aromatic N) is 2. The highest BCUT2D eigenvalue weighted by Crippen LogP contribution is 2.29. The Balaban J connectivity index is 2.35. The lowest BCUT2D eigenvalue weighted by molar-refractivity contribution is -0.117. The maximum absolute atomic E-state index is 11.5. The zero-order valence-corrected chi connectivity index (χ0v) is 9.71. The Kier molecular flexibility index (Phi) is 2.91. The molecule has 1 aromatic rings. The highest BCUT2D eigenvalue weighted by molar-refractivity contribution is 7.17. The van der Waals surface area contributed by atoms with Crippen molar-refractivity contribution in [3.63, 3.8) is 0 Å². The van der Waals surface area contributed by atoms with Gasteiger partial charge in [-0.25, -0.2) is 9.78 Å². The number of carbonyl (C=O) groups is 2. The van der Waals surface area contributed by atoms with Gasteiger partial charge in [0.25, 0.3) is 0 Å². The molecule has 1 saturated heterocycles. The van der Waals surface area contributed by atoms with Crippen molar-refractivity contribution in [2.75, 3.05) is 11.4 Å². The van der Waals surface area contributed by atoms with Crippen LogP contribution in [0.5, 0.6) is 0 Å². The Labute approximate surface area is 96.7 Å². The fourth-order valence-corrected chi connectivity index (χ4v) is 2.75. The fourth-order valence-electron chi connectivity index (χ4n) is 1.71. The smallest absolute Gasteiger partial charge is 0.347 e. The summed E-state index contributed by atoms with van der Waals surface area (Å²) in [5.41, 5.74) is 0.562. The van der Waals surface area contributed by atoms with Crippen LogP contribution in [0.3, 0.4) is 0 Å². The maximum Gasteiger partial charge on any atom is 0.347 e. The molecule has 2 rings (SSSR count). The van der Waals surface area contributed by atoms with Crippen molar-refractivity contribution in [1.29, 1.82) is 0 Å². The summed E-state index contributed by atoms with van der Waals surface area (Å²) in [5.74, 6) is -0.930. The highest BCUT2D eigenvalue weighted by atomic mass is 32.1. The van der Waals surface area contributed by atoms with Crippen LogP contribution in [0.1, 0.15) is 35.1 Å². The SMILES string of the molecule is CCc1nc(N2CCCC2=O)sc1C(=O)O. The summed E-state index contributed by atoms with van der Waals surface area (Å²) in [6.07, 6.45) is 1.92. The number of aromatic carboxylic acids is 1. The van der Waals surface area contributed by atoms with Crippen LogP contribution in [0.2, 0.25) is 0 Å². The minimum atomic E-state index is -0.966. The van der Waals surface area contributed by atoms with E-state index in [0.717, 1.165) is 17.8 Å². The molecule has 0 aliphatic carbocycles. The molecular formula is C10H12N2O3S. The molecular weight excluding hydrogens is 228 g/mol. The van der Waals surface area contributed by atoms with Crippen LogP contribution >= 0.6 is 11.3 Å². The summed E-state index contributed by atoms with van der Waals surface area (Å²) in [7, 11) is 0. The molecule has 1 aromatic heterocycles. The van der Waals surface area contributed by atoms with Crippen molar-refractivity contribution in [2.45, 2.75) is 26.2 Å². The first-order chi connectivity index (χ1) is 7.63.